The third-order valence-corrected chi connectivity index (χ3v) is 5.31. The van der Waals surface area contributed by atoms with Crippen LogP contribution in [0.2, 0.25) is 0 Å². The molecule has 8 nitrogen and oxygen atoms in total. The molecule has 8 heteroatoms. The SMILES string of the molecule is Cc1cc(C)nc(N2CCC[C@H](C(=O)Nc3n[nH]c(CCc4ccccc4)n3)C2)n1. The van der Waals surface area contributed by atoms with Gasteiger partial charge in [-0.25, -0.2) is 9.97 Å². The molecule has 156 valence electrons. The molecule has 0 spiro atoms. The molecule has 0 radical (unpaired) electrons. The summed E-state index contributed by atoms with van der Waals surface area (Å²) in [4.78, 5) is 28.4. The summed E-state index contributed by atoms with van der Waals surface area (Å²) in [6, 6.07) is 12.2. The van der Waals surface area contributed by atoms with Crippen molar-refractivity contribution in [2.75, 3.05) is 23.3 Å². The predicted molar refractivity (Wildman–Crippen MR) is 115 cm³/mol. The molecule has 3 aromatic rings. The van der Waals surface area contributed by atoms with Crippen LogP contribution in [0.3, 0.4) is 0 Å². The Bertz CT molecular complexity index is 981. The molecule has 0 unspecified atom stereocenters. The van der Waals surface area contributed by atoms with Gasteiger partial charge in [0.1, 0.15) is 5.82 Å². The molecule has 4 rings (SSSR count). The number of piperidine rings is 1. The minimum absolute atomic E-state index is 0.0577. The summed E-state index contributed by atoms with van der Waals surface area (Å²) in [5, 5.41) is 9.95. The number of aromatic amines is 1. The lowest BCUT2D eigenvalue weighted by Crippen LogP contribution is -2.41. The van der Waals surface area contributed by atoms with Crippen molar-refractivity contribution in [3.63, 3.8) is 0 Å². The lowest BCUT2D eigenvalue weighted by Gasteiger charge is -2.32. The molecule has 1 amide bonds. The molecule has 1 aliphatic rings. The van der Waals surface area contributed by atoms with Crippen molar-refractivity contribution in [3.8, 4) is 0 Å². The van der Waals surface area contributed by atoms with E-state index in [1.807, 2.05) is 38.1 Å². The molecule has 1 aliphatic heterocycles. The van der Waals surface area contributed by atoms with Gasteiger partial charge in [-0.1, -0.05) is 30.3 Å². The lowest BCUT2D eigenvalue weighted by atomic mass is 9.97. The highest BCUT2D eigenvalue weighted by Gasteiger charge is 2.28. The van der Waals surface area contributed by atoms with Crippen molar-refractivity contribution in [1.82, 2.24) is 25.1 Å². The zero-order chi connectivity index (χ0) is 20.9. The zero-order valence-electron chi connectivity index (χ0n) is 17.4. The molecule has 0 bridgehead atoms. The fourth-order valence-corrected chi connectivity index (χ4v) is 3.80. The largest absolute Gasteiger partial charge is 0.340 e. The topological polar surface area (TPSA) is 99.7 Å². The minimum Gasteiger partial charge on any atom is -0.340 e. The Hall–Kier alpha value is -3.29. The van der Waals surface area contributed by atoms with E-state index in [9.17, 15) is 4.79 Å². The van der Waals surface area contributed by atoms with E-state index in [2.05, 4.69) is 47.5 Å². The number of benzene rings is 1. The third-order valence-electron chi connectivity index (χ3n) is 5.31. The van der Waals surface area contributed by atoms with Crippen LogP contribution in [-0.2, 0) is 17.6 Å². The Kier molecular flexibility index (Phi) is 6.02. The molecule has 1 atom stereocenters. The lowest BCUT2D eigenvalue weighted by molar-refractivity contribution is -0.120. The maximum Gasteiger partial charge on any atom is 0.248 e. The average molecular weight is 406 g/mol. The van der Waals surface area contributed by atoms with E-state index in [4.69, 9.17) is 0 Å². The van der Waals surface area contributed by atoms with E-state index in [0.717, 1.165) is 49.4 Å². The van der Waals surface area contributed by atoms with Gasteiger partial charge < -0.3 is 4.90 Å². The first-order chi connectivity index (χ1) is 14.6. The number of aryl methyl sites for hydroxylation is 4. The smallest absolute Gasteiger partial charge is 0.248 e. The van der Waals surface area contributed by atoms with E-state index < -0.39 is 0 Å². The van der Waals surface area contributed by atoms with Crippen molar-refractivity contribution in [1.29, 1.82) is 0 Å². The van der Waals surface area contributed by atoms with Crippen LogP contribution in [0.15, 0.2) is 36.4 Å². The highest BCUT2D eigenvalue weighted by molar-refractivity contribution is 5.91. The Morgan fingerprint density at radius 3 is 2.67 bits per heavy atom. The molecule has 1 aromatic carbocycles. The van der Waals surface area contributed by atoms with Gasteiger partial charge in [0.2, 0.25) is 17.8 Å². The van der Waals surface area contributed by atoms with E-state index in [-0.39, 0.29) is 11.8 Å². The van der Waals surface area contributed by atoms with Crippen molar-refractivity contribution in [2.45, 2.75) is 39.5 Å². The average Bonchev–Trinajstić information content (AvgIpc) is 3.20. The van der Waals surface area contributed by atoms with E-state index in [1.54, 1.807) is 0 Å². The summed E-state index contributed by atoms with van der Waals surface area (Å²) in [6.07, 6.45) is 3.37. The second kappa shape index (κ2) is 9.02. The maximum absolute atomic E-state index is 12.8. The van der Waals surface area contributed by atoms with Gasteiger partial charge in [0, 0.05) is 30.9 Å². The van der Waals surface area contributed by atoms with Crippen LogP contribution in [0.25, 0.3) is 0 Å². The van der Waals surface area contributed by atoms with Crippen LogP contribution in [0.4, 0.5) is 11.9 Å². The number of anilines is 2. The molecule has 2 aromatic heterocycles. The van der Waals surface area contributed by atoms with Crippen LogP contribution in [0.5, 0.6) is 0 Å². The Labute approximate surface area is 176 Å². The summed E-state index contributed by atoms with van der Waals surface area (Å²) in [6.45, 7) is 5.38. The van der Waals surface area contributed by atoms with E-state index in [1.165, 1.54) is 5.56 Å². The molecular weight excluding hydrogens is 378 g/mol. The minimum atomic E-state index is -0.144. The van der Waals surface area contributed by atoms with Gasteiger partial charge in [0.15, 0.2) is 0 Å². The van der Waals surface area contributed by atoms with Crippen molar-refractivity contribution in [2.24, 2.45) is 5.92 Å². The van der Waals surface area contributed by atoms with Gasteiger partial charge in [0.25, 0.3) is 0 Å². The van der Waals surface area contributed by atoms with E-state index in [0.29, 0.717) is 18.4 Å². The third kappa shape index (κ3) is 5.00. The number of nitrogens with one attached hydrogen (secondary N) is 2. The zero-order valence-corrected chi connectivity index (χ0v) is 17.4. The number of carbonyl (C=O) groups excluding carboxylic acids is 1. The Balaban J connectivity index is 1.34. The first-order valence-electron chi connectivity index (χ1n) is 10.4. The van der Waals surface area contributed by atoms with Crippen LogP contribution >= 0.6 is 0 Å². The first kappa shape index (κ1) is 20.0. The summed E-state index contributed by atoms with van der Waals surface area (Å²) in [7, 11) is 0. The van der Waals surface area contributed by atoms with Crippen molar-refractivity contribution < 1.29 is 4.79 Å². The van der Waals surface area contributed by atoms with Crippen molar-refractivity contribution in [3.05, 3.63) is 59.2 Å². The Morgan fingerprint density at radius 2 is 1.90 bits per heavy atom. The van der Waals surface area contributed by atoms with Gasteiger partial charge in [-0.3, -0.25) is 15.2 Å². The van der Waals surface area contributed by atoms with Gasteiger partial charge in [-0.05, 0) is 44.7 Å². The second-order valence-electron chi connectivity index (χ2n) is 7.82. The van der Waals surface area contributed by atoms with Gasteiger partial charge >= 0.3 is 0 Å². The second-order valence-corrected chi connectivity index (χ2v) is 7.82. The van der Waals surface area contributed by atoms with Crippen molar-refractivity contribution >= 4 is 17.8 Å². The highest BCUT2D eigenvalue weighted by Crippen LogP contribution is 2.22. The number of hydrogen-bond donors (Lipinski definition) is 2. The standard InChI is InChI=1S/C22H27N7O/c1-15-13-16(2)24-22(23-15)29-12-6-9-18(14-29)20(30)26-21-25-19(27-28-21)11-10-17-7-4-3-5-8-17/h3-5,7-8,13,18H,6,9-12,14H2,1-2H3,(H2,25,26,27,28,30)/t18-/m0/s1. The summed E-state index contributed by atoms with van der Waals surface area (Å²) >= 11 is 0. The van der Waals surface area contributed by atoms with E-state index >= 15 is 0 Å². The monoisotopic (exact) mass is 405 g/mol. The molecule has 0 aliphatic carbocycles. The summed E-state index contributed by atoms with van der Waals surface area (Å²) in [5.41, 5.74) is 3.12. The molecule has 1 fully saturated rings. The quantitative estimate of drug-likeness (QED) is 0.654. The molecule has 0 saturated carbocycles. The van der Waals surface area contributed by atoms with Gasteiger partial charge in [-0.15, -0.1) is 5.10 Å². The van der Waals surface area contributed by atoms with Crippen LogP contribution in [0.1, 0.15) is 35.6 Å². The van der Waals surface area contributed by atoms with Crippen LogP contribution in [0, 0.1) is 19.8 Å². The number of amides is 1. The number of H-pyrrole nitrogens is 1. The number of rotatable bonds is 6. The van der Waals surface area contributed by atoms with Gasteiger partial charge in [-0.2, -0.15) is 4.98 Å². The summed E-state index contributed by atoms with van der Waals surface area (Å²) < 4.78 is 0. The fraction of sp³-hybridized carbons (Fsp3) is 0.409. The number of hydrogen-bond acceptors (Lipinski definition) is 6. The maximum atomic E-state index is 12.8. The molecule has 2 N–H and O–H groups in total. The van der Waals surface area contributed by atoms with Crippen LogP contribution in [-0.4, -0.2) is 44.1 Å². The first-order valence-corrected chi connectivity index (χ1v) is 10.4. The predicted octanol–water partition coefficient (Wildman–Crippen LogP) is 2.85. The fourth-order valence-electron chi connectivity index (χ4n) is 3.80. The normalized spacial score (nSPS) is 16.5. The Morgan fingerprint density at radius 1 is 1.13 bits per heavy atom. The molecule has 3 heterocycles. The molecule has 1 saturated heterocycles. The van der Waals surface area contributed by atoms with Crippen LogP contribution < -0.4 is 10.2 Å². The highest BCUT2D eigenvalue weighted by atomic mass is 16.2. The number of aromatic nitrogens is 5. The summed E-state index contributed by atoms with van der Waals surface area (Å²) in [5.74, 6) is 1.60. The molecular formula is C22H27N7O. The van der Waals surface area contributed by atoms with Gasteiger partial charge in [0.05, 0.1) is 5.92 Å². The number of carbonyl (C=O) groups is 1. The molecule has 30 heavy (non-hydrogen) atoms. The number of nitrogens with zero attached hydrogens (tertiary/aromatic N) is 5.